The number of benzene rings is 3. The lowest BCUT2D eigenvalue weighted by molar-refractivity contribution is 0.0635. The smallest absolute Gasteiger partial charge is 0.412 e. The topological polar surface area (TPSA) is 108 Å². The summed E-state index contributed by atoms with van der Waals surface area (Å²) in [6, 6.07) is 23.0. The van der Waals surface area contributed by atoms with Crippen molar-refractivity contribution in [3.63, 3.8) is 0 Å². The Hall–Kier alpha value is -3.96. The van der Waals surface area contributed by atoms with Gasteiger partial charge >= 0.3 is 16.3 Å². The number of carbonyl (C=O) groups excluding carboxylic acids is 1. The Labute approximate surface area is 255 Å². The van der Waals surface area contributed by atoms with Crippen LogP contribution >= 0.6 is 0 Å². The number of amides is 1. The Morgan fingerprint density at radius 2 is 1.63 bits per heavy atom. The maximum Gasteiger partial charge on any atom is 0.412 e. The SMILES string of the molecule is CC(C)(C)OC(=O)Nc1ccccc1Cc1ccc(N2C=C(O)N(CC[Si](C)(C)C)S2(=O)=O)c(OCc2ccccc2)c1. The molecule has 1 heterocycles. The number of carbonyl (C=O) groups is 1. The molecule has 0 aliphatic carbocycles. The van der Waals surface area contributed by atoms with Gasteiger partial charge in [0.15, 0.2) is 0 Å². The third-order valence-corrected chi connectivity index (χ3v) is 10.1. The minimum Gasteiger partial charge on any atom is -0.493 e. The number of aliphatic hydroxyl groups excluding tert-OH is 1. The van der Waals surface area contributed by atoms with E-state index in [1.165, 1.54) is 6.20 Å². The van der Waals surface area contributed by atoms with Crippen molar-refractivity contribution in [3.05, 3.63) is 102 Å². The van der Waals surface area contributed by atoms with E-state index < -0.39 is 30.0 Å². The van der Waals surface area contributed by atoms with Crippen LogP contribution in [0.5, 0.6) is 5.75 Å². The number of aliphatic hydroxyl groups is 1. The van der Waals surface area contributed by atoms with Gasteiger partial charge in [-0.15, -0.1) is 0 Å². The van der Waals surface area contributed by atoms with E-state index in [4.69, 9.17) is 9.47 Å². The monoisotopic (exact) mass is 623 g/mol. The van der Waals surface area contributed by atoms with Gasteiger partial charge in [0, 0.05) is 20.3 Å². The molecule has 1 aliphatic rings. The lowest BCUT2D eigenvalue weighted by Crippen LogP contribution is -2.37. The van der Waals surface area contributed by atoms with Crippen LogP contribution in [0.4, 0.5) is 16.2 Å². The van der Waals surface area contributed by atoms with Gasteiger partial charge in [0.1, 0.15) is 23.6 Å². The Bertz CT molecular complexity index is 1580. The number of ether oxygens (including phenoxy) is 2. The summed E-state index contributed by atoms with van der Waals surface area (Å²) in [5.74, 6) is 0.0251. The molecule has 1 amide bonds. The summed E-state index contributed by atoms with van der Waals surface area (Å²) < 4.78 is 41.0. The van der Waals surface area contributed by atoms with Crippen molar-refractivity contribution in [1.29, 1.82) is 0 Å². The van der Waals surface area contributed by atoms with E-state index in [2.05, 4.69) is 25.0 Å². The van der Waals surface area contributed by atoms with Crippen LogP contribution in [0.15, 0.2) is 84.9 Å². The average molecular weight is 624 g/mol. The van der Waals surface area contributed by atoms with Crippen LogP contribution in [0, 0.1) is 0 Å². The number of nitrogens with zero attached hydrogens (tertiary/aromatic N) is 2. The standard InChI is InChI=1S/C32H41N3O6SSi/c1-32(2,3)41-31(37)33-27-15-11-10-14-26(27)20-25-16-17-28(29(21-25)40-23-24-12-8-7-9-13-24)35-22-30(36)34(42(35,38)39)18-19-43(4,5)6/h7-17,21-22,36H,18-20,23H2,1-6H3,(H,33,37). The predicted octanol–water partition coefficient (Wildman–Crippen LogP) is 7.27. The van der Waals surface area contributed by atoms with E-state index in [1.54, 1.807) is 39.0 Å². The molecule has 2 N–H and O–H groups in total. The van der Waals surface area contributed by atoms with Crippen molar-refractivity contribution >= 4 is 35.8 Å². The summed E-state index contributed by atoms with van der Waals surface area (Å²) >= 11 is 0. The molecular weight excluding hydrogens is 583 g/mol. The number of para-hydroxylation sites is 1. The molecule has 9 nitrogen and oxygen atoms in total. The second-order valence-corrected chi connectivity index (χ2v) is 20.1. The molecule has 0 saturated carbocycles. The fourth-order valence-electron chi connectivity index (χ4n) is 4.45. The number of nitrogens with one attached hydrogen (secondary N) is 1. The van der Waals surface area contributed by atoms with Crippen molar-refractivity contribution in [2.24, 2.45) is 0 Å². The van der Waals surface area contributed by atoms with Crippen LogP contribution in [0.2, 0.25) is 25.7 Å². The molecule has 0 radical (unpaired) electrons. The second kappa shape index (κ2) is 12.7. The summed E-state index contributed by atoms with van der Waals surface area (Å²) in [7, 11) is -5.63. The zero-order valence-electron chi connectivity index (χ0n) is 25.6. The number of hydrogen-bond acceptors (Lipinski definition) is 6. The Kier molecular flexibility index (Phi) is 9.46. The molecule has 0 bridgehead atoms. The highest BCUT2D eigenvalue weighted by Gasteiger charge is 2.39. The third kappa shape index (κ3) is 8.54. The van der Waals surface area contributed by atoms with E-state index in [-0.39, 0.29) is 19.0 Å². The lowest BCUT2D eigenvalue weighted by Gasteiger charge is -2.25. The Balaban J connectivity index is 1.65. The van der Waals surface area contributed by atoms with E-state index in [0.717, 1.165) is 25.3 Å². The lowest BCUT2D eigenvalue weighted by atomic mass is 10.0. The first-order valence-corrected chi connectivity index (χ1v) is 19.3. The van der Waals surface area contributed by atoms with Crippen LogP contribution in [0.1, 0.15) is 37.5 Å². The summed E-state index contributed by atoms with van der Waals surface area (Å²) in [4.78, 5) is 12.5. The number of rotatable bonds is 10. The summed E-state index contributed by atoms with van der Waals surface area (Å²) in [6.07, 6.45) is 1.11. The summed E-state index contributed by atoms with van der Waals surface area (Å²) in [5.41, 5.74) is 2.88. The maximum atomic E-state index is 13.6. The molecule has 3 aromatic carbocycles. The molecule has 0 aromatic heterocycles. The fraction of sp³-hybridized carbons (Fsp3) is 0.344. The first-order chi connectivity index (χ1) is 20.1. The Morgan fingerprint density at radius 3 is 2.30 bits per heavy atom. The molecule has 0 atom stereocenters. The van der Waals surface area contributed by atoms with E-state index in [9.17, 15) is 18.3 Å². The van der Waals surface area contributed by atoms with Crippen LogP contribution < -0.4 is 14.4 Å². The van der Waals surface area contributed by atoms with Gasteiger partial charge < -0.3 is 14.6 Å². The maximum absolute atomic E-state index is 13.6. The fourth-order valence-corrected chi connectivity index (χ4v) is 6.95. The molecule has 0 saturated heterocycles. The highest BCUT2D eigenvalue weighted by atomic mass is 32.2. The largest absolute Gasteiger partial charge is 0.493 e. The number of hydrogen-bond donors (Lipinski definition) is 2. The van der Waals surface area contributed by atoms with E-state index in [0.29, 0.717) is 29.6 Å². The molecule has 4 rings (SSSR count). The van der Waals surface area contributed by atoms with Crippen molar-refractivity contribution in [2.75, 3.05) is 16.2 Å². The molecule has 11 heteroatoms. The summed E-state index contributed by atoms with van der Waals surface area (Å²) in [5, 5.41) is 13.5. The van der Waals surface area contributed by atoms with Crippen molar-refractivity contribution in [2.45, 2.75) is 65.1 Å². The quantitative estimate of drug-likeness (QED) is 0.230. The van der Waals surface area contributed by atoms with Crippen LogP contribution in [-0.2, 0) is 28.0 Å². The highest BCUT2D eigenvalue weighted by molar-refractivity contribution is 7.91. The van der Waals surface area contributed by atoms with Crippen molar-refractivity contribution in [1.82, 2.24) is 4.31 Å². The average Bonchev–Trinajstić information content (AvgIpc) is 3.13. The Morgan fingerprint density at radius 1 is 0.953 bits per heavy atom. The van der Waals surface area contributed by atoms with Crippen LogP contribution in [0.3, 0.4) is 0 Å². The molecular formula is C32H41N3O6SSi. The second-order valence-electron chi connectivity index (χ2n) is 12.7. The summed E-state index contributed by atoms with van der Waals surface area (Å²) in [6.45, 7) is 12.3. The highest BCUT2D eigenvalue weighted by Crippen LogP contribution is 2.38. The predicted molar refractivity (Wildman–Crippen MR) is 173 cm³/mol. The van der Waals surface area contributed by atoms with Gasteiger partial charge in [-0.25, -0.2) is 13.4 Å². The zero-order valence-corrected chi connectivity index (χ0v) is 27.4. The van der Waals surface area contributed by atoms with Gasteiger partial charge in [0.25, 0.3) is 0 Å². The first-order valence-electron chi connectivity index (χ1n) is 14.2. The molecule has 0 unspecified atom stereocenters. The molecule has 1 aliphatic heterocycles. The van der Waals surface area contributed by atoms with Gasteiger partial charge in [-0.3, -0.25) is 5.32 Å². The minimum absolute atomic E-state index is 0.205. The molecule has 3 aromatic rings. The van der Waals surface area contributed by atoms with Gasteiger partial charge in [-0.05, 0) is 68.1 Å². The number of anilines is 2. The van der Waals surface area contributed by atoms with Gasteiger partial charge in [0.05, 0.1) is 6.20 Å². The van der Waals surface area contributed by atoms with Crippen molar-refractivity contribution in [3.8, 4) is 5.75 Å². The van der Waals surface area contributed by atoms with Crippen LogP contribution in [0.25, 0.3) is 0 Å². The van der Waals surface area contributed by atoms with E-state index in [1.807, 2.05) is 54.6 Å². The van der Waals surface area contributed by atoms with Crippen molar-refractivity contribution < 1.29 is 27.8 Å². The molecule has 0 spiro atoms. The van der Waals surface area contributed by atoms with Gasteiger partial charge in [0.2, 0.25) is 5.88 Å². The minimum atomic E-state index is -4.06. The van der Waals surface area contributed by atoms with Crippen LogP contribution in [-0.4, -0.2) is 44.1 Å². The zero-order chi connectivity index (χ0) is 31.4. The molecule has 0 fully saturated rings. The molecule has 43 heavy (non-hydrogen) atoms. The van der Waals surface area contributed by atoms with Gasteiger partial charge in [-0.1, -0.05) is 74.2 Å². The third-order valence-electron chi connectivity index (χ3n) is 6.63. The van der Waals surface area contributed by atoms with E-state index >= 15 is 0 Å². The first kappa shape index (κ1) is 32.0. The van der Waals surface area contributed by atoms with Gasteiger partial charge in [-0.2, -0.15) is 8.42 Å². The normalized spacial score (nSPS) is 14.8. The molecule has 230 valence electrons.